The molecule has 0 amide bonds. The molecule has 0 radical (unpaired) electrons. The zero-order chi connectivity index (χ0) is 9.97. The van der Waals surface area contributed by atoms with Crippen molar-refractivity contribution < 1.29 is 0 Å². The highest BCUT2D eigenvalue weighted by atomic mass is 14.4. The Labute approximate surface area is 83.4 Å². The van der Waals surface area contributed by atoms with E-state index in [-0.39, 0.29) is 0 Å². The molecule has 2 heteroatoms. The van der Waals surface area contributed by atoms with Crippen LogP contribution in [0.15, 0.2) is 47.6 Å². The monoisotopic (exact) mass is 184 g/mol. The number of nitrogens with one attached hydrogen (secondary N) is 2. The van der Waals surface area contributed by atoms with Crippen LogP contribution in [0.3, 0.4) is 0 Å². The van der Waals surface area contributed by atoms with Crippen LogP contribution in [0.5, 0.6) is 0 Å². The van der Waals surface area contributed by atoms with Gasteiger partial charge < -0.3 is 10.8 Å². The van der Waals surface area contributed by atoms with Crippen LogP contribution >= 0.6 is 0 Å². The van der Waals surface area contributed by atoms with Gasteiger partial charge in [0.15, 0.2) is 0 Å². The number of allylic oxidation sites excluding steroid dienone is 8. The Morgan fingerprint density at radius 2 is 1.93 bits per heavy atom. The average molecular weight is 184 g/mol. The molecule has 0 aromatic carbocycles. The zero-order valence-corrected chi connectivity index (χ0v) is 7.88. The maximum absolute atomic E-state index is 7.56. The lowest BCUT2D eigenvalue weighted by molar-refractivity contribution is 1.14. The largest absolute Gasteiger partial charge is 0.305 e. The molecule has 0 bridgehead atoms. The van der Waals surface area contributed by atoms with Crippen LogP contribution in [0.1, 0.15) is 12.8 Å². The fourth-order valence-electron chi connectivity index (χ4n) is 1.66. The van der Waals surface area contributed by atoms with E-state index < -0.39 is 0 Å². The second kappa shape index (κ2) is 3.58. The van der Waals surface area contributed by atoms with Gasteiger partial charge in [0.05, 0.1) is 5.71 Å². The van der Waals surface area contributed by atoms with E-state index in [1.165, 1.54) is 11.1 Å². The predicted molar refractivity (Wildman–Crippen MR) is 59.1 cm³/mol. The molecule has 0 saturated heterocycles. The van der Waals surface area contributed by atoms with Crippen LogP contribution < -0.4 is 0 Å². The Morgan fingerprint density at radius 1 is 1.07 bits per heavy atom. The maximum atomic E-state index is 7.56. The first-order valence-corrected chi connectivity index (χ1v) is 4.66. The van der Waals surface area contributed by atoms with E-state index in [4.69, 9.17) is 10.8 Å². The molecule has 0 atom stereocenters. The zero-order valence-electron chi connectivity index (χ0n) is 7.88. The van der Waals surface area contributed by atoms with E-state index in [9.17, 15) is 0 Å². The molecule has 70 valence electrons. The van der Waals surface area contributed by atoms with Crippen molar-refractivity contribution in [1.82, 2.24) is 0 Å². The molecule has 0 heterocycles. The Bertz CT molecular complexity index is 406. The normalized spacial score (nSPS) is 20.9. The lowest BCUT2D eigenvalue weighted by Crippen LogP contribution is -2.04. The summed E-state index contributed by atoms with van der Waals surface area (Å²) >= 11 is 0. The molecule has 2 N–H and O–H groups in total. The molecule has 0 saturated carbocycles. The van der Waals surface area contributed by atoms with E-state index in [2.05, 4.69) is 0 Å². The molecule has 0 aromatic rings. The molecule has 2 aliphatic carbocycles. The molecule has 2 rings (SSSR count). The van der Waals surface area contributed by atoms with Crippen molar-refractivity contribution in [3.05, 3.63) is 47.6 Å². The third-order valence-electron chi connectivity index (χ3n) is 2.35. The van der Waals surface area contributed by atoms with Crippen LogP contribution in [0.2, 0.25) is 0 Å². The minimum Gasteiger partial charge on any atom is -0.305 e. The molecule has 14 heavy (non-hydrogen) atoms. The van der Waals surface area contributed by atoms with Gasteiger partial charge in [-0.3, -0.25) is 0 Å². The molecule has 2 nitrogen and oxygen atoms in total. The summed E-state index contributed by atoms with van der Waals surface area (Å²) < 4.78 is 0. The van der Waals surface area contributed by atoms with Gasteiger partial charge in [0.25, 0.3) is 0 Å². The van der Waals surface area contributed by atoms with Crippen molar-refractivity contribution in [3.63, 3.8) is 0 Å². The highest BCUT2D eigenvalue weighted by molar-refractivity contribution is 6.04. The van der Waals surface area contributed by atoms with Crippen molar-refractivity contribution in [2.75, 3.05) is 0 Å². The van der Waals surface area contributed by atoms with Gasteiger partial charge in [-0.1, -0.05) is 18.2 Å². The van der Waals surface area contributed by atoms with Gasteiger partial charge in [0.1, 0.15) is 0 Å². The Balaban J connectivity index is 2.24. The van der Waals surface area contributed by atoms with Gasteiger partial charge >= 0.3 is 0 Å². The van der Waals surface area contributed by atoms with Crippen LogP contribution in [0.4, 0.5) is 0 Å². The van der Waals surface area contributed by atoms with Crippen molar-refractivity contribution in [1.29, 1.82) is 10.8 Å². The second-order valence-electron chi connectivity index (χ2n) is 3.48. The van der Waals surface area contributed by atoms with Gasteiger partial charge in [0, 0.05) is 12.1 Å². The van der Waals surface area contributed by atoms with Crippen LogP contribution in [-0.4, -0.2) is 11.4 Å². The molecule has 2 aliphatic rings. The van der Waals surface area contributed by atoms with Crippen molar-refractivity contribution in [3.8, 4) is 0 Å². The number of hydrogen-bond donors (Lipinski definition) is 2. The van der Waals surface area contributed by atoms with Gasteiger partial charge in [-0.25, -0.2) is 0 Å². The van der Waals surface area contributed by atoms with E-state index in [1.807, 2.05) is 36.5 Å². The van der Waals surface area contributed by atoms with E-state index in [0.29, 0.717) is 17.8 Å². The van der Waals surface area contributed by atoms with Crippen LogP contribution in [0.25, 0.3) is 0 Å². The molecule has 0 aromatic heterocycles. The molecular weight excluding hydrogens is 172 g/mol. The quantitative estimate of drug-likeness (QED) is 0.629. The Kier molecular flexibility index (Phi) is 2.27. The smallest absolute Gasteiger partial charge is 0.0539 e. The highest BCUT2D eigenvalue weighted by Crippen LogP contribution is 2.23. The van der Waals surface area contributed by atoms with Crippen LogP contribution in [0, 0.1) is 10.8 Å². The standard InChI is InChI=1S/C12H12N2/c13-11-5-1-3-9(7-11)10-4-2-6-12(14)8-10/h1-3,5-6,8,13-14H,4,7H2. The second-order valence-corrected chi connectivity index (χ2v) is 3.48. The first-order valence-electron chi connectivity index (χ1n) is 4.66. The number of hydrogen-bond acceptors (Lipinski definition) is 2. The molecule has 0 spiro atoms. The third-order valence-corrected chi connectivity index (χ3v) is 2.35. The van der Waals surface area contributed by atoms with Gasteiger partial charge in [-0.05, 0) is 35.8 Å². The lowest BCUT2D eigenvalue weighted by atomic mass is 9.91. The fourth-order valence-corrected chi connectivity index (χ4v) is 1.66. The van der Waals surface area contributed by atoms with Crippen LogP contribution in [-0.2, 0) is 0 Å². The summed E-state index contributed by atoms with van der Waals surface area (Å²) in [7, 11) is 0. The minimum atomic E-state index is 0.549. The summed E-state index contributed by atoms with van der Waals surface area (Å²) in [4.78, 5) is 0. The Hall–Kier alpha value is -1.70. The summed E-state index contributed by atoms with van der Waals surface area (Å²) in [5, 5.41) is 15.1. The minimum absolute atomic E-state index is 0.549. The molecule has 0 aliphatic heterocycles. The van der Waals surface area contributed by atoms with E-state index in [1.54, 1.807) is 0 Å². The first kappa shape index (κ1) is 8.88. The lowest BCUT2D eigenvalue weighted by Gasteiger charge is -2.14. The van der Waals surface area contributed by atoms with Crippen molar-refractivity contribution >= 4 is 11.4 Å². The summed E-state index contributed by atoms with van der Waals surface area (Å²) in [6.07, 6.45) is 13.0. The maximum Gasteiger partial charge on any atom is 0.0539 e. The van der Waals surface area contributed by atoms with Gasteiger partial charge in [-0.2, -0.15) is 0 Å². The third kappa shape index (κ3) is 1.79. The average Bonchev–Trinajstić information content (AvgIpc) is 2.18. The molecule has 0 unspecified atom stereocenters. The highest BCUT2D eigenvalue weighted by Gasteiger charge is 2.10. The molecule has 0 fully saturated rings. The summed E-state index contributed by atoms with van der Waals surface area (Å²) in [6.45, 7) is 0. The van der Waals surface area contributed by atoms with Crippen molar-refractivity contribution in [2.45, 2.75) is 12.8 Å². The van der Waals surface area contributed by atoms with Crippen molar-refractivity contribution in [2.24, 2.45) is 0 Å². The Morgan fingerprint density at radius 3 is 2.64 bits per heavy atom. The first-order chi connectivity index (χ1) is 6.75. The summed E-state index contributed by atoms with van der Waals surface area (Å²) in [5.74, 6) is 0. The SMILES string of the molecule is N=C1C=CCC(C2=CC=CC(=N)C2)=C1. The summed E-state index contributed by atoms with van der Waals surface area (Å²) in [6, 6.07) is 0. The predicted octanol–water partition coefficient (Wildman–Crippen LogP) is 2.80. The summed E-state index contributed by atoms with van der Waals surface area (Å²) in [5.41, 5.74) is 3.54. The topological polar surface area (TPSA) is 47.7 Å². The van der Waals surface area contributed by atoms with E-state index in [0.717, 1.165) is 6.42 Å². The van der Waals surface area contributed by atoms with Gasteiger partial charge in [0.2, 0.25) is 0 Å². The van der Waals surface area contributed by atoms with E-state index >= 15 is 0 Å². The number of rotatable bonds is 1. The molecular formula is C12H12N2. The van der Waals surface area contributed by atoms with Gasteiger partial charge in [-0.15, -0.1) is 0 Å². The fraction of sp³-hybridized carbons (Fsp3) is 0.167.